The predicted octanol–water partition coefficient (Wildman–Crippen LogP) is 3.11. The summed E-state index contributed by atoms with van der Waals surface area (Å²) < 4.78 is 24.7. The van der Waals surface area contributed by atoms with Gasteiger partial charge in [-0.05, 0) is 38.3 Å². The maximum atomic E-state index is 13.3. The van der Waals surface area contributed by atoms with Crippen molar-refractivity contribution in [1.29, 1.82) is 0 Å². The Balaban J connectivity index is 1.38. The molecular formula is C20H31FN2O2. The summed E-state index contributed by atoms with van der Waals surface area (Å²) >= 11 is 0. The van der Waals surface area contributed by atoms with Crippen LogP contribution in [0, 0.1) is 0 Å². The maximum Gasteiger partial charge on any atom is 0.123 e. The summed E-state index contributed by atoms with van der Waals surface area (Å²) in [6.07, 6.45) is 2.93. The summed E-state index contributed by atoms with van der Waals surface area (Å²) in [5, 5.41) is 0. The zero-order chi connectivity index (χ0) is 17.3. The largest absolute Gasteiger partial charge is 0.493 e. The molecule has 2 aliphatic rings. The number of morpholine rings is 1. The molecule has 5 heteroatoms. The Morgan fingerprint density at radius 2 is 1.76 bits per heavy atom. The average molecular weight is 350 g/mol. The molecule has 0 radical (unpaired) electrons. The molecule has 4 nitrogen and oxygen atoms in total. The molecule has 0 aliphatic carbocycles. The number of benzene rings is 1. The van der Waals surface area contributed by atoms with Crippen LogP contribution in [-0.4, -0.2) is 68.5 Å². The van der Waals surface area contributed by atoms with Crippen molar-refractivity contribution in [1.82, 2.24) is 9.80 Å². The van der Waals surface area contributed by atoms with Crippen LogP contribution in [0.1, 0.15) is 31.2 Å². The van der Waals surface area contributed by atoms with Crippen LogP contribution in [0.2, 0.25) is 0 Å². The highest BCUT2D eigenvalue weighted by Gasteiger charge is 2.19. The third-order valence-corrected chi connectivity index (χ3v) is 5.11. The molecule has 2 aliphatic heterocycles. The van der Waals surface area contributed by atoms with E-state index >= 15 is 0 Å². The van der Waals surface area contributed by atoms with E-state index in [2.05, 4.69) is 28.0 Å². The highest BCUT2D eigenvalue weighted by molar-refractivity contribution is 5.33. The second-order valence-electron chi connectivity index (χ2n) is 7.07. The Labute approximate surface area is 150 Å². The first-order valence-corrected chi connectivity index (χ1v) is 9.68. The minimum Gasteiger partial charge on any atom is -0.493 e. The Bertz CT molecular complexity index is 500. The topological polar surface area (TPSA) is 24.9 Å². The third kappa shape index (κ3) is 6.24. The van der Waals surface area contributed by atoms with Crippen LogP contribution < -0.4 is 4.74 Å². The first-order chi connectivity index (χ1) is 12.3. The second-order valence-corrected chi connectivity index (χ2v) is 7.07. The van der Waals surface area contributed by atoms with Gasteiger partial charge >= 0.3 is 0 Å². The lowest BCUT2D eigenvalue weighted by Gasteiger charge is -2.29. The lowest BCUT2D eigenvalue weighted by atomic mass is 10.1. The number of piperidine rings is 1. The van der Waals surface area contributed by atoms with E-state index in [4.69, 9.17) is 9.47 Å². The number of ether oxygens (including phenoxy) is 2. The molecule has 0 bridgehead atoms. The van der Waals surface area contributed by atoms with Crippen molar-refractivity contribution in [2.24, 2.45) is 0 Å². The molecule has 2 heterocycles. The van der Waals surface area contributed by atoms with E-state index in [1.807, 2.05) is 6.07 Å². The van der Waals surface area contributed by atoms with Gasteiger partial charge in [0, 0.05) is 38.3 Å². The van der Waals surface area contributed by atoms with Gasteiger partial charge in [0.1, 0.15) is 11.9 Å². The molecule has 0 N–H and O–H groups in total. The van der Waals surface area contributed by atoms with Crippen molar-refractivity contribution >= 4 is 0 Å². The number of para-hydroxylation sites is 1. The molecule has 0 spiro atoms. The Hall–Kier alpha value is -1.17. The Morgan fingerprint density at radius 1 is 1.00 bits per heavy atom. The zero-order valence-electron chi connectivity index (χ0n) is 15.2. The van der Waals surface area contributed by atoms with Crippen LogP contribution in [0.25, 0.3) is 0 Å². The maximum absolute atomic E-state index is 13.3. The molecule has 0 saturated carbocycles. The van der Waals surface area contributed by atoms with Crippen LogP contribution >= 0.6 is 0 Å². The van der Waals surface area contributed by atoms with Gasteiger partial charge in [-0.1, -0.05) is 18.2 Å². The van der Waals surface area contributed by atoms with E-state index in [9.17, 15) is 4.39 Å². The van der Waals surface area contributed by atoms with E-state index in [1.54, 1.807) is 0 Å². The minimum atomic E-state index is -0.616. The van der Waals surface area contributed by atoms with E-state index in [0.29, 0.717) is 12.8 Å². The number of hydrogen-bond acceptors (Lipinski definition) is 4. The molecule has 0 aromatic heterocycles. The molecular weight excluding hydrogens is 319 g/mol. The van der Waals surface area contributed by atoms with Crippen LogP contribution in [0.3, 0.4) is 0 Å². The zero-order valence-corrected chi connectivity index (χ0v) is 15.2. The predicted molar refractivity (Wildman–Crippen MR) is 97.8 cm³/mol. The first-order valence-electron chi connectivity index (χ1n) is 9.68. The van der Waals surface area contributed by atoms with Crippen LogP contribution in [-0.2, 0) is 11.3 Å². The van der Waals surface area contributed by atoms with Gasteiger partial charge < -0.3 is 9.47 Å². The fourth-order valence-corrected chi connectivity index (χ4v) is 3.52. The van der Waals surface area contributed by atoms with Gasteiger partial charge in [0.05, 0.1) is 19.8 Å². The number of unbranched alkanes of at least 4 members (excludes halogenated alkanes) is 1. The standard InChI is InChI=1S/C20H31FN2O2/c21-19-7-10-23(11-8-19)17-18-5-1-2-6-20(18)25-14-4-3-9-22-12-15-24-16-13-22/h1-2,5-6,19H,3-4,7-17H2. The summed E-state index contributed by atoms with van der Waals surface area (Å²) in [7, 11) is 0. The Morgan fingerprint density at radius 3 is 2.56 bits per heavy atom. The van der Waals surface area contributed by atoms with E-state index < -0.39 is 6.17 Å². The van der Waals surface area contributed by atoms with Gasteiger partial charge in [-0.15, -0.1) is 0 Å². The number of halogens is 1. The van der Waals surface area contributed by atoms with Gasteiger partial charge in [0.15, 0.2) is 0 Å². The normalized spacial score (nSPS) is 20.7. The molecule has 2 fully saturated rings. The summed E-state index contributed by atoms with van der Waals surface area (Å²) in [6, 6.07) is 8.27. The molecule has 0 amide bonds. The highest BCUT2D eigenvalue weighted by atomic mass is 19.1. The number of rotatable bonds is 8. The van der Waals surface area contributed by atoms with Crippen molar-refractivity contribution in [2.45, 2.75) is 38.4 Å². The number of alkyl halides is 1. The summed E-state index contributed by atoms with van der Waals surface area (Å²) in [4.78, 5) is 4.79. The van der Waals surface area contributed by atoms with Gasteiger partial charge in [-0.2, -0.15) is 0 Å². The van der Waals surface area contributed by atoms with Gasteiger partial charge in [0.2, 0.25) is 0 Å². The second kappa shape index (κ2) is 10.1. The third-order valence-electron chi connectivity index (χ3n) is 5.11. The Kier molecular flexibility index (Phi) is 7.52. The lowest BCUT2D eigenvalue weighted by Crippen LogP contribution is -2.36. The highest BCUT2D eigenvalue weighted by Crippen LogP contribution is 2.23. The number of hydrogen-bond donors (Lipinski definition) is 0. The fraction of sp³-hybridized carbons (Fsp3) is 0.700. The van der Waals surface area contributed by atoms with Crippen LogP contribution in [0.5, 0.6) is 5.75 Å². The van der Waals surface area contributed by atoms with Crippen molar-refractivity contribution in [3.8, 4) is 5.75 Å². The fourth-order valence-electron chi connectivity index (χ4n) is 3.52. The number of nitrogens with zero attached hydrogens (tertiary/aromatic N) is 2. The van der Waals surface area contributed by atoms with Gasteiger partial charge in [0.25, 0.3) is 0 Å². The van der Waals surface area contributed by atoms with Crippen molar-refractivity contribution in [3.05, 3.63) is 29.8 Å². The van der Waals surface area contributed by atoms with E-state index in [1.165, 1.54) is 5.56 Å². The number of likely N-dealkylation sites (tertiary alicyclic amines) is 1. The smallest absolute Gasteiger partial charge is 0.123 e. The molecule has 0 unspecified atom stereocenters. The SMILES string of the molecule is FC1CCN(Cc2ccccc2OCCCCN2CCOCC2)CC1. The van der Waals surface area contributed by atoms with E-state index in [0.717, 1.165) is 77.7 Å². The minimum absolute atomic E-state index is 0.616. The summed E-state index contributed by atoms with van der Waals surface area (Å²) in [5.74, 6) is 0.983. The molecule has 25 heavy (non-hydrogen) atoms. The molecule has 1 aromatic rings. The van der Waals surface area contributed by atoms with Crippen LogP contribution in [0.4, 0.5) is 4.39 Å². The first kappa shape index (κ1) is 18.6. The molecule has 140 valence electrons. The molecule has 1 aromatic carbocycles. The van der Waals surface area contributed by atoms with Crippen molar-refractivity contribution < 1.29 is 13.9 Å². The summed E-state index contributed by atoms with van der Waals surface area (Å²) in [6.45, 7) is 8.27. The summed E-state index contributed by atoms with van der Waals surface area (Å²) in [5.41, 5.74) is 1.22. The van der Waals surface area contributed by atoms with Gasteiger partial charge in [-0.3, -0.25) is 9.80 Å². The lowest BCUT2D eigenvalue weighted by molar-refractivity contribution is 0.0368. The van der Waals surface area contributed by atoms with E-state index in [-0.39, 0.29) is 0 Å². The van der Waals surface area contributed by atoms with Crippen molar-refractivity contribution in [3.63, 3.8) is 0 Å². The molecule has 3 rings (SSSR count). The van der Waals surface area contributed by atoms with Crippen molar-refractivity contribution in [2.75, 3.05) is 52.5 Å². The van der Waals surface area contributed by atoms with Crippen LogP contribution in [0.15, 0.2) is 24.3 Å². The van der Waals surface area contributed by atoms with Gasteiger partial charge in [-0.25, -0.2) is 4.39 Å². The molecule has 0 atom stereocenters. The average Bonchev–Trinajstić information content (AvgIpc) is 2.65. The monoisotopic (exact) mass is 350 g/mol. The quantitative estimate of drug-likeness (QED) is 0.673. The molecule has 2 saturated heterocycles.